The SMILES string of the molecule is CCC(C)(C)c1ccc(OC(=O)[C@H]2CC(=O)N(c3cc(C)ccc3C)C2)cc1. The first-order chi connectivity index (χ1) is 13.2. The topological polar surface area (TPSA) is 46.6 Å². The Morgan fingerprint density at radius 3 is 2.46 bits per heavy atom. The molecule has 1 fully saturated rings. The van der Waals surface area contributed by atoms with Crippen LogP contribution in [0, 0.1) is 19.8 Å². The summed E-state index contributed by atoms with van der Waals surface area (Å²) in [7, 11) is 0. The number of hydrogen-bond donors (Lipinski definition) is 0. The number of hydrogen-bond acceptors (Lipinski definition) is 3. The maximum absolute atomic E-state index is 12.6. The van der Waals surface area contributed by atoms with Crippen LogP contribution in [0.25, 0.3) is 0 Å². The molecule has 1 atom stereocenters. The highest BCUT2D eigenvalue weighted by Gasteiger charge is 2.37. The fourth-order valence-electron chi connectivity index (χ4n) is 3.49. The minimum absolute atomic E-state index is 0.0318. The van der Waals surface area contributed by atoms with Gasteiger partial charge in [-0.05, 0) is 60.6 Å². The molecule has 0 spiro atoms. The van der Waals surface area contributed by atoms with Gasteiger partial charge in [0, 0.05) is 18.7 Å². The third-order valence-corrected chi connectivity index (χ3v) is 5.85. The molecule has 1 aliphatic heterocycles. The fraction of sp³-hybridized carbons (Fsp3) is 0.417. The maximum Gasteiger partial charge on any atom is 0.316 e. The Balaban J connectivity index is 1.69. The first-order valence-electron chi connectivity index (χ1n) is 9.91. The summed E-state index contributed by atoms with van der Waals surface area (Å²) in [6.45, 7) is 10.9. The molecular formula is C24H29NO3. The third kappa shape index (κ3) is 4.11. The van der Waals surface area contributed by atoms with Crippen LogP contribution in [-0.4, -0.2) is 18.4 Å². The highest BCUT2D eigenvalue weighted by molar-refractivity contribution is 6.00. The smallest absolute Gasteiger partial charge is 0.316 e. The number of nitrogens with zero attached hydrogens (tertiary/aromatic N) is 1. The summed E-state index contributed by atoms with van der Waals surface area (Å²) in [6, 6.07) is 13.7. The lowest BCUT2D eigenvalue weighted by Crippen LogP contribution is -2.28. The lowest BCUT2D eigenvalue weighted by molar-refractivity contribution is -0.139. The van der Waals surface area contributed by atoms with Gasteiger partial charge in [-0.15, -0.1) is 0 Å². The van der Waals surface area contributed by atoms with Gasteiger partial charge >= 0.3 is 5.97 Å². The second-order valence-electron chi connectivity index (χ2n) is 8.38. The van der Waals surface area contributed by atoms with Crippen LogP contribution in [0.2, 0.25) is 0 Å². The molecule has 0 saturated carbocycles. The van der Waals surface area contributed by atoms with Crippen molar-refractivity contribution in [2.45, 2.75) is 52.9 Å². The van der Waals surface area contributed by atoms with E-state index in [9.17, 15) is 9.59 Å². The number of esters is 1. The van der Waals surface area contributed by atoms with Gasteiger partial charge in [0.1, 0.15) is 5.75 Å². The lowest BCUT2D eigenvalue weighted by Gasteiger charge is -2.23. The van der Waals surface area contributed by atoms with Gasteiger partial charge < -0.3 is 9.64 Å². The van der Waals surface area contributed by atoms with Gasteiger partial charge in [0.2, 0.25) is 5.91 Å². The molecule has 2 aromatic rings. The van der Waals surface area contributed by atoms with Crippen LogP contribution < -0.4 is 9.64 Å². The number of carbonyl (C=O) groups excluding carboxylic acids is 2. The van der Waals surface area contributed by atoms with Gasteiger partial charge in [0.15, 0.2) is 0 Å². The molecule has 0 aromatic heterocycles. The van der Waals surface area contributed by atoms with E-state index in [4.69, 9.17) is 4.74 Å². The number of rotatable bonds is 5. The molecule has 0 aliphatic carbocycles. The Kier molecular flexibility index (Phi) is 5.59. The van der Waals surface area contributed by atoms with Gasteiger partial charge in [-0.25, -0.2) is 0 Å². The van der Waals surface area contributed by atoms with Gasteiger partial charge in [-0.1, -0.05) is 45.0 Å². The van der Waals surface area contributed by atoms with Crippen LogP contribution in [0.15, 0.2) is 42.5 Å². The van der Waals surface area contributed by atoms with Crippen molar-refractivity contribution in [1.29, 1.82) is 0 Å². The standard InChI is InChI=1S/C24H29NO3/c1-6-24(4,5)19-9-11-20(12-10-19)28-23(27)18-14-22(26)25(15-18)21-13-16(2)7-8-17(21)3/h7-13,18H,6,14-15H2,1-5H3/t18-/m0/s1. The van der Waals surface area contributed by atoms with Crippen molar-refractivity contribution in [3.8, 4) is 5.75 Å². The number of benzene rings is 2. The van der Waals surface area contributed by atoms with Gasteiger partial charge in [0.25, 0.3) is 0 Å². The van der Waals surface area contributed by atoms with Crippen molar-refractivity contribution >= 4 is 17.6 Å². The Morgan fingerprint density at radius 2 is 1.82 bits per heavy atom. The highest BCUT2D eigenvalue weighted by Crippen LogP contribution is 2.31. The summed E-state index contributed by atoms with van der Waals surface area (Å²) >= 11 is 0. The summed E-state index contributed by atoms with van der Waals surface area (Å²) in [5.74, 6) is -0.295. The molecule has 0 N–H and O–H groups in total. The van der Waals surface area contributed by atoms with Crippen molar-refractivity contribution in [2.75, 3.05) is 11.4 Å². The molecule has 1 heterocycles. The fourth-order valence-corrected chi connectivity index (χ4v) is 3.49. The molecule has 0 bridgehead atoms. The third-order valence-electron chi connectivity index (χ3n) is 5.85. The quantitative estimate of drug-likeness (QED) is 0.545. The van der Waals surface area contributed by atoms with E-state index in [-0.39, 0.29) is 23.7 Å². The minimum atomic E-state index is -0.445. The molecule has 1 amide bonds. The van der Waals surface area contributed by atoms with E-state index in [1.54, 1.807) is 4.90 Å². The minimum Gasteiger partial charge on any atom is -0.426 e. The summed E-state index contributed by atoms with van der Waals surface area (Å²) in [5, 5.41) is 0. The average Bonchev–Trinajstić information content (AvgIpc) is 3.06. The van der Waals surface area contributed by atoms with Crippen LogP contribution in [-0.2, 0) is 15.0 Å². The molecule has 148 valence electrons. The van der Waals surface area contributed by atoms with E-state index in [2.05, 4.69) is 20.8 Å². The molecule has 0 radical (unpaired) electrons. The summed E-state index contributed by atoms with van der Waals surface area (Å²) in [4.78, 5) is 26.8. The van der Waals surface area contributed by atoms with E-state index in [1.165, 1.54) is 5.56 Å². The van der Waals surface area contributed by atoms with E-state index in [1.807, 2.05) is 56.3 Å². The number of ether oxygens (including phenoxy) is 1. The zero-order chi connectivity index (χ0) is 20.5. The van der Waals surface area contributed by atoms with Crippen LogP contribution in [0.4, 0.5) is 5.69 Å². The van der Waals surface area contributed by atoms with E-state index in [0.29, 0.717) is 12.3 Å². The molecule has 3 rings (SSSR count). The first kappa shape index (κ1) is 20.1. The molecular weight excluding hydrogens is 350 g/mol. The van der Waals surface area contributed by atoms with Crippen molar-refractivity contribution < 1.29 is 14.3 Å². The van der Waals surface area contributed by atoms with E-state index >= 15 is 0 Å². The van der Waals surface area contributed by atoms with Crippen LogP contribution in [0.1, 0.15) is 50.3 Å². The Hall–Kier alpha value is -2.62. The van der Waals surface area contributed by atoms with Crippen LogP contribution in [0.3, 0.4) is 0 Å². The van der Waals surface area contributed by atoms with Crippen molar-refractivity contribution in [3.05, 3.63) is 59.2 Å². The Bertz CT molecular complexity index is 883. The zero-order valence-electron chi connectivity index (χ0n) is 17.4. The summed E-state index contributed by atoms with van der Waals surface area (Å²) in [5.41, 5.74) is 4.31. The second-order valence-corrected chi connectivity index (χ2v) is 8.38. The van der Waals surface area contributed by atoms with E-state index < -0.39 is 5.92 Å². The molecule has 0 unspecified atom stereocenters. The monoisotopic (exact) mass is 379 g/mol. The molecule has 2 aromatic carbocycles. The van der Waals surface area contributed by atoms with Gasteiger partial charge in [-0.3, -0.25) is 9.59 Å². The molecule has 4 heteroatoms. The van der Waals surface area contributed by atoms with Crippen molar-refractivity contribution in [2.24, 2.45) is 5.92 Å². The lowest BCUT2D eigenvalue weighted by atomic mass is 9.82. The number of aryl methyl sites for hydroxylation is 2. The molecule has 1 aliphatic rings. The van der Waals surface area contributed by atoms with E-state index in [0.717, 1.165) is 23.2 Å². The summed E-state index contributed by atoms with van der Waals surface area (Å²) in [6.07, 6.45) is 1.22. The van der Waals surface area contributed by atoms with Crippen molar-refractivity contribution in [3.63, 3.8) is 0 Å². The summed E-state index contributed by atoms with van der Waals surface area (Å²) < 4.78 is 5.57. The predicted octanol–water partition coefficient (Wildman–Crippen LogP) is 4.95. The van der Waals surface area contributed by atoms with Gasteiger partial charge in [0.05, 0.1) is 5.92 Å². The second kappa shape index (κ2) is 7.78. The Labute approximate surface area is 167 Å². The number of carbonyl (C=O) groups is 2. The zero-order valence-corrected chi connectivity index (χ0v) is 17.4. The van der Waals surface area contributed by atoms with Crippen LogP contribution in [0.5, 0.6) is 5.75 Å². The van der Waals surface area contributed by atoms with Crippen molar-refractivity contribution in [1.82, 2.24) is 0 Å². The Morgan fingerprint density at radius 1 is 1.14 bits per heavy atom. The largest absolute Gasteiger partial charge is 0.426 e. The average molecular weight is 380 g/mol. The van der Waals surface area contributed by atoms with Gasteiger partial charge in [-0.2, -0.15) is 0 Å². The predicted molar refractivity (Wildman–Crippen MR) is 112 cm³/mol. The molecule has 28 heavy (non-hydrogen) atoms. The molecule has 1 saturated heterocycles. The normalized spacial score (nSPS) is 17.1. The number of amides is 1. The maximum atomic E-state index is 12.6. The first-order valence-corrected chi connectivity index (χ1v) is 9.91. The number of anilines is 1. The highest BCUT2D eigenvalue weighted by atomic mass is 16.5. The van der Waals surface area contributed by atoms with Crippen LogP contribution >= 0.6 is 0 Å². The molecule has 4 nitrogen and oxygen atoms in total.